The number of aliphatic carboxylic acids is 2. The van der Waals surface area contributed by atoms with E-state index in [1.807, 2.05) is 6.92 Å². The van der Waals surface area contributed by atoms with Crippen LogP contribution in [0.25, 0.3) is 11.3 Å². The summed E-state index contributed by atoms with van der Waals surface area (Å²) >= 11 is 0. The molecule has 0 fully saturated rings. The van der Waals surface area contributed by atoms with E-state index in [9.17, 15) is 33.9 Å². The topological polar surface area (TPSA) is 234 Å². The minimum absolute atomic E-state index is 0.0349. The molecule has 246 valence electrons. The van der Waals surface area contributed by atoms with E-state index in [1.54, 1.807) is 19.3 Å². The molecule has 3 atom stereocenters. The Morgan fingerprint density at radius 1 is 0.889 bits per heavy atom. The Morgan fingerprint density at radius 3 is 2.22 bits per heavy atom. The molecule has 0 aliphatic rings. The van der Waals surface area contributed by atoms with E-state index in [4.69, 9.17) is 19.5 Å². The van der Waals surface area contributed by atoms with Crippen molar-refractivity contribution in [1.82, 2.24) is 21.4 Å². The summed E-state index contributed by atoms with van der Waals surface area (Å²) in [6.45, 7) is 5.34. The molecule has 0 radical (unpaired) electrons. The van der Waals surface area contributed by atoms with E-state index in [0.717, 1.165) is 19.3 Å². The molecule has 15 heteroatoms. The van der Waals surface area contributed by atoms with E-state index >= 15 is 0 Å². The molecule has 0 aliphatic heterocycles. The first-order chi connectivity index (χ1) is 21.5. The summed E-state index contributed by atoms with van der Waals surface area (Å²) in [5, 5.41) is 34.6. The van der Waals surface area contributed by atoms with Crippen LogP contribution in [0, 0.1) is 11.8 Å². The maximum Gasteiger partial charge on any atom is 0.326 e. The zero-order valence-corrected chi connectivity index (χ0v) is 25.4. The molecule has 2 rings (SSSR count). The van der Waals surface area contributed by atoms with Crippen LogP contribution in [-0.4, -0.2) is 70.3 Å². The number of nitrogens with one attached hydrogen (secondary N) is 4. The van der Waals surface area contributed by atoms with E-state index in [1.165, 1.54) is 30.3 Å². The van der Waals surface area contributed by atoms with Crippen LogP contribution in [-0.2, 0) is 19.2 Å². The van der Waals surface area contributed by atoms with Gasteiger partial charge >= 0.3 is 11.9 Å². The number of benzene rings is 1. The van der Waals surface area contributed by atoms with Gasteiger partial charge in [0.25, 0.3) is 11.8 Å². The molecular formula is C30H40N4O11. The first-order valence-corrected chi connectivity index (χ1v) is 14.6. The van der Waals surface area contributed by atoms with Crippen molar-refractivity contribution in [3.05, 3.63) is 41.7 Å². The fourth-order valence-corrected chi connectivity index (χ4v) is 4.66. The molecule has 0 unspecified atom stereocenters. The average Bonchev–Trinajstić information content (AvgIpc) is 3.50. The molecule has 4 amide bonds. The second kappa shape index (κ2) is 18.0. The number of hydrogen-bond donors (Lipinski definition) is 7. The molecule has 1 heterocycles. The zero-order chi connectivity index (χ0) is 33.5. The van der Waals surface area contributed by atoms with Crippen LogP contribution in [0.5, 0.6) is 5.75 Å². The maximum absolute atomic E-state index is 12.9. The third kappa shape index (κ3) is 10.6. The molecule has 0 aliphatic carbocycles. The number of carbonyl (C=O) groups is 6. The summed E-state index contributed by atoms with van der Waals surface area (Å²) in [6, 6.07) is 5.55. The summed E-state index contributed by atoms with van der Waals surface area (Å²) < 4.78 is 11.2. The minimum atomic E-state index is -1.65. The molecule has 45 heavy (non-hydrogen) atoms. The van der Waals surface area contributed by atoms with Crippen molar-refractivity contribution in [3.8, 4) is 17.1 Å². The van der Waals surface area contributed by atoms with Crippen LogP contribution in [0.15, 0.2) is 34.7 Å². The van der Waals surface area contributed by atoms with E-state index in [-0.39, 0.29) is 36.1 Å². The van der Waals surface area contributed by atoms with Gasteiger partial charge in [-0.15, -0.1) is 0 Å². The number of amides is 4. The molecule has 0 saturated carbocycles. The predicted octanol–water partition coefficient (Wildman–Crippen LogP) is 2.53. The third-order valence-corrected chi connectivity index (χ3v) is 6.96. The number of carboxylic acids is 2. The summed E-state index contributed by atoms with van der Waals surface area (Å²) in [5.41, 5.74) is 2.01. The second-order valence-corrected chi connectivity index (χ2v) is 10.1. The van der Waals surface area contributed by atoms with Crippen molar-refractivity contribution >= 4 is 35.6 Å². The SMILES string of the molecule is CCCCC[C@@H](C(=O)NCNC(=O)c1ccc(-c2ccc(C(=O)N[C@@H](CC(=O)O)C(=O)O)c(OCC)c2)o1)[C@@H](CC)C(=O)NO. The largest absolute Gasteiger partial charge is 0.493 e. The highest BCUT2D eigenvalue weighted by atomic mass is 16.5. The van der Waals surface area contributed by atoms with Gasteiger partial charge in [-0.3, -0.25) is 29.2 Å². The van der Waals surface area contributed by atoms with Crippen molar-refractivity contribution in [2.24, 2.45) is 11.8 Å². The number of rotatable bonds is 19. The number of furan rings is 1. The maximum atomic E-state index is 12.9. The molecule has 0 bridgehead atoms. The number of unbranched alkanes of at least 4 members (excludes halogenated alkanes) is 2. The summed E-state index contributed by atoms with van der Waals surface area (Å²) in [5.74, 6) is -6.68. The van der Waals surface area contributed by atoms with Crippen molar-refractivity contribution in [3.63, 3.8) is 0 Å². The van der Waals surface area contributed by atoms with E-state index in [0.29, 0.717) is 18.4 Å². The fraction of sp³-hybridized carbons (Fsp3) is 0.467. The molecule has 0 spiro atoms. The first-order valence-electron chi connectivity index (χ1n) is 14.6. The van der Waals surface area contributed by atoms with Crippen molar-refractivity contribution in [1.29, 1.82) is 0 Å². The van der Waals surface area contributed by atoms with Crippen LogP contribution < -0.4 is 26.2 Å². The van der Waals surface area contributed by atoms with E-state index in [2.05, 4.69) is 16.0 Å². The Morgan fingerprint density at radius 2 is 1.62 bits per heavy atom. The number of carbonyl (C=O) groups excluding carboxylic acids is 4. The Kier molecular flexibility index (Phi) is 14.5. The van der Waals surface area contributed by atoms with Gasteiger partial charge in [0.1, 0.15) is 17.6 Å². The van der Waals surface area contributed by atoms with Gasteiger partial charge in [-0.25, -0.2) is 10.3 Å². The van der Waals surface area contributed by atoms with Gasteiger partial charge in [-0.05, 0) is 44.0 Å². The molecule has 0 saturated heterocycles. The van der Waals surface area contributed by atoms with Crippen molar-refractivity contribution in [2.45, 2.75) is 65.3 Å². The summed E-state index contributed by atoms with van der Waals surface area (Å²) in [6.07, 6.45) is 2.47. The molecular weight excluding hydrogens is 592 g/mol. The average molecular weight is 633 g/mol. The second-order valence-electron chi connectivity index (χ2n) is 10.1. The third-order valence-electron chi connectivity index (χ3n) is 6.96. The van der Waals surface area contributed by atoms with Gasteiger partial charge in [-0.1, -0.05) is 39.2 Å². The predicted molar refractivity (Wildman–Crippen MR) is 158 cm³/mol. The van der Waals surface area contributed by atoms with Crippen LogP contribution in [0.2, 0.25) is 0 Å². The molecule has 15 nitrogen and oxygen atoms in total. The lowest BCUT2D eigenvalue weighted by molar-refractivity contribution is -0.145. The van der Waals surface area contributed by atoms with Gasteiger partial charge in [-0.2, -0.15) is 0 Å². The molecule has 2 aromatic rings. The Hall–Kier alpha value is -4.92. The lowest BCUT2D eigenvalue weighted by Crippen LogP contribution is -2.44. The lowest BCUT2D eigenvalue weighted by atomic mass is 9.84. The quantitative estimate of drug-likeness (QED) is 0.0514. The van der Waals surface area contributed by atoms with Gasteiger partial charge < -0.3 is 35.3 Å². The van der Waals surface area contributed by atoms with Crippen molar-refractivity contribution in [2.75, 3.05) is 13.3 Å². The van der Waals surface area contributed by atoms with Gasteiger partial charge in [0.05, 0.1) is 31.2 Å². The Bertz CT molecular complexity index is 1360. The Balaban J connectivity index is 2.11. The number of hydroxylamine groups is 1. The van der Waals surface area contributed by atoms with Crippen LogP contribution >= 0.6 is 0 Å². The number of hydrogen-bond acceptors (Lipinski definition) is 9. The number of ether oxygens (including phenoxy) is 1. The highest BCUT2D eigenvalue weighted by Crippen LogP contribution is 2.29. The van der Waals surface area contributed by atoms with Gasteiger partial charge in [0.2, 0.25) is 11.8 Å². The smallest absolute Gasteiger partial charge is 0.326 e. The molecule has 1 aromatic heterocycles. The van der Waals surface area contributed by atoms with Gasteiger partial charge in [0, 0.05) is 11.5 Å². The summed E-state index contributed by atoms with van der Waals surface area (Å²) in [4.78, 5) is 72.9. The fourth-order valence-electron chi connectivity index (χ4n) is 4.66. The summed E-state index contributed by atoms with van der Waals surface area (Å²) in [7, 11) is 0. The Labute approximate surface area is 259 Å². The van der Waals surface area contributed by atoms with Crippen LogP contribution in [0.4, 0.5) is 0 Å². The van der Waals surface area contributed by atoms with E-state index < -0.39 is 59.9 Å². The minimum Gasteiger partial charge on any atom is -0.493 e. The first kappa shape index (κ1) is 36.3. The monoisotopic (exact) mass is 632 g/mol. The number of carboxylic acid groups (broad SMARTS) is 2. The highest BCUT2D eigenvalue weighted by molar-refractivity contribution is 6.00. The van der Waals surface area contributed by atoms with Crippen molar-refractivity contribution < 1.29 is 53.3 Å². The molecule has 1 aromatic carbocycles. The zero-order valence-electron chi connectivity index (χ0n) is 25.4. The standard InChI is InChI=1S/C30H40N4O11/c1-4-7-8-9-19(18(5-2)28(39)34-43)26(37)31-16-32-29(40)23-13-12-22(45-23)17-10-11-20(24(14-17)44-6-3)27(38)33-21(30(41)42)15-25(35)36/h10-14,18-19,21,43H,4-9,15-16H2,1-3H3,(H,31,37)(H,32,40)(H,33,38)(H,34,39)(H,35,36)(H,41,42)/t18-,19-,21+/m1/s1. The van der Waals surface area contributed by atoms with Crippen LogP contribution in [0.3, 0.4) is 0 Å². The highest BCUT2D eigenvalue weighted by Gasteiger charge is 2.32. The van der Waals surface area contributed by atoms with Crippen LogP contribution in [0.1, 0.15) is 80.2 Å². The normalized spacial score (nSPS) is 12.7. The molecule has 7 N–H and O–H groups in total. The lowest BCUT2D eigenvalue weighted by Gasteiger charge is -2.24. The van der Waals surface area contributed by atoms with Gasteiger partial charge in [0.15, 0.2) is 5.76 Å².